The molecule has 0 aliphatic carbocycles. The fourth-order valence-electron chi connectivity index (χ4n) is 1.75. The van der Waals surface area contributed by atoms with E-state index in [1.54, 1.807) is 0 Å². The Balaban J connectivity index is 2.32. The molecule has 0 saturated heterocycles. The molecule has 0 aliphatic heterocycles. The largest absolute Gasteiger partial charge is 0.573 e. The van der Waals surface area contributed by atoms with Crippen LogP contribution in [-0.4, -0.2) is 39.1 Å². The summed E-state index contributed by atoms with van der Waals surface area (Å²) in [5.74, 6) is -2.93. The van der Waals surface area contributed by atoms with Crippen molar-refractivity contribution in [3.63, 3.8) is 0 Å². The van der Waals surface area contributed by atoms with Crippen LogP contribution < -0.4 is 20.5 Å². The van der Waals surface area contributed by atoms with Gasteiger partial charge in [0, 0.05) is 6.07 Å². The van der Waals surface area contributed by atoms with E-state index in [2.05, 4.69) is 19.8 Å². The molecule has 0 saturated carbocycles. The summed E-state index contributed by atoms with van der Waals surface area (Å²) in [6.07, 6.45) is -5.07. The number of ether oxygens (including phenoxy) is 1. The number of nitrogens with zero attached hydrogens (tertiary/aromatic N) is 1. The summed E-state index contributed by atoms with van der Waals surface area (Å²) in [7, 11) is -2.13. The Hall–Kier alpha value is -2.71. The van der Waals surface area contributed by atoms with Crippen molar-refractivity contribution in [2.75, 3.05) is 16.6 Å². The number of carboxylic acids is 1. The summed E-state index contributed by atoms with van der Waals surface area (Å²) in [5.41, 5.74) is 5.60. The van der Waals surface area contributed by atoms with Gasteiger partial charge in [0.15, 0.2) is 22.4 Å². The van der Waals surface area contributed by atoms with E-state index >= 15 is 0 Å². The van der Waals surface area contributed by atoms with E-state index in [4.69, 9.17) is 10.8 Å². The van der Waals surface area contributed by atoms with Crippen molar-refractivity contribution in [3.8, 4) is 5.75 Å². The molecule has 2 rings (SSSR count). The molecule has 9 nitrogen and oxygen atoms in total. The summed E-state index contributed by atoms with van der Waals surface area (Å²) in [6, 6.07) is 3.01. The molecule has 1 amide bonds. The molecule has 14 heteroatoms. The van der Waals surface area contributed by atoms with Crippen molar-refractivity contribution >= 4 is 44.9 Å². The van der Waals surface area contributed by atoms with Crippen LogP contribution in [0.4, 0.5) is 23.9 Å². The monoisotopic (exact) mass is 424 g/mol. The van der Waals surface area contributed by atoms with Crippen LogP contribution in [0.25, 0.3) is 0 Å². The van der Waals surface area contributed by atoms with E-state index in [9.17, 15) is 27.0 Å². The zero-order valence-electron chi connectivity index (χ0n) is 13.1. The molecule has 0 radical (unpaired) electrons. The number of hydrogen-bond donors (Lipinski definition) is 4. The molecule has 1 aromatic carbocycles. The number of nitrogens with one attached hydrogen (secondary N) is 2. The number of amides is 1. The first-order chi connectivity index (χ1) is 12.6. The number of aromatic nitrogens is 1. The van der Waals surface area contributed by atoms with Gasteiger partial charge < -0.3 is 20.9 Å². The number of benzene rings is 1. The lowest BCUT2D eigenvalue weighted by atomic mass is 10.3. The number of rotatable bonds is 7. The SMILES string of the molecule is NCC(=O)Nc1ccc(S(=O)Nc2scnc2C(=O)O)cc1OC(F)(F)F. The molecule has 1 atom stereocenters. The van der Waals surface area contributed by atoms with E-state index < -0.39 is 41.5 Å². The maximum absolute atomic E-state index is 12.6. The Kier molecular flexibility index (Phi) is 6.35. The Morgan fingerprint density at radius 3 is 2.67 bits per heavy atom. The summed E-state index contributed by atoms with van der Waals surface area (Å²) < 4.78 is 56.3. The first kappa shape index (κ1) is 20.6. The van der Waals surface area contributed by atoms with Crippen molar-refractivity contribution in [1.29, 1.82) is 0 Å². The fraction of sp³-hybridized carbons (Fsp3) is 0.154. The maximum Gasteiger partial charge on any atom is 0.573 e. The van der Waals surface area contributed by atoms with Crippen LogP contribution in [0.15, 0.2) is 28.6 Å². The molecule has 2 aromatic rings. The summed E-state index contributed by atoms with van der Waals surface area (Å²) in [5, 5.41) is 11.0. The van der Waals surface area contributed by atoms with E-state index in [1.165, 1.54) is 11.6 Å². The van der Waals surface area contributed by atoms with Crippen LogP contribution in [0.5, 0.6) is 5.75 Å². The van der Waals surface area contributed by atoms with Crippen molar-refractivity contribution in [1.82, 2.24) is 4.98 Å². The molecular weight excluding hydrogens is 413 g/mol. The molecule has 1 aromatic heterocycles. The van der Waals surface area contributed by atoms with Gasteiger partial charge in [0.1, 0.15) is 5.00 Å². The van der Waals surface area contributed by atoms with Gasteiger partial charge in [-0.2, -0.15) is 0 Å². The smallest absolute Gasteiger partial charge is 0.476 e. The molecule has 1 unspecified atom stereocenters. The van der Waals surface area contributed by atoms with Gasteiger partial charge in [-0.25, -0.2) is 14.0 Å². The number of carbonyl (C=O) groups excluding carboxylic acids is 1. The predicted molar refractivity (Wildman–Crippen MR) is 89.9 cm³/mol. The molecule has 27 heavy (non-hydrogen) atoms. The lowest BCUT2D eigenvalue weighted by Gasteiger charge is -2.15. The van der Waals surface area contributed by atoms with Crippen LogP contribution in [0.3, 0.4) is 0 Å². The first-order valence-corrected chi connectivity index (χ1v) is 8.88. The third-order valence-corrected chi connectivity index (χ3v) is 4.75. The zero-order valence-corrected chi connectivity index (χ0v) is 14.7. The number of alkyl halides is 3. The highest BCUT2D eigenvalue weighted by Gasteiger charge is 2.32. The lowest BCUT2D eigenvalue weighted by molar-refractivity contribution is -0.274. The normalized spacial score (nSPS) is 12.3. The summed E-state index contributed by atoms with van der Waals surface area (Å²) in [6.45, 7) is -0.468. The Morgan fingerprint density at radius 2 is 2.07 bits per heavy atom. The number of halogens is 3. The fourth-order valence-corrected chi connectivity index (χ4v) is 3.47. The highest BCUT2D eigenvalue weighted by molar-refractivity contribution is 7.86. The number of aromatic carboxylic acids is 1. The highest BCUT2D eigenvalue weighted by Crippen LogP contribution is 2.33. The molecule has 146 valence electrons. The Morgan fingerprint density at radius 1 is 1.37 bits per heavy atom. The third kappa shape index (κ3) is 5.63. The molecule has 0 fully saturated rings. The van der Waals surface area contributed by atoms with Gasteiger partial charge in [0.05, 0.1) is 22.6 Å². The Labute approximate surface area is 155 Å². The van der Waals surface area contributed by atoms with Crippen molar-refractivity contribution in [3.05, 3.63) is 29.4 Å². The number of anilines is 2. The van der Waals surface area contributed by atoms with Gasteiger partial charge in [-0.15, -0.1) is 24.5 Å². The zero-order chi connectivity index (χ0) is 20.2. The van der Waals surface area contributed by atoms with E-state index in [0.29, 0.717) is 0 Å². The second-order valence-electron chi connectivity index (χ2n) is 4.66. The molecular formula is C13H11F3N4O5S2. The quantitative estimate of drug-likeness (QED) is 0.530. The summed E-state index contributed by atoms with van der Waals surface area (Å²) >= 11 is 0.851. The second kappa shape index (κ2) is 8.32. The maximum atomic E-state index is 12.6. The average Bonchev–Trinajstić information content (AvgIpc) is 3.03. The van der Waals surface area contributed by atoms with Crippen LogP contribution in [-0.2, 0) is 15.8 Å². The number of nitrogens with two attached hydrogens (primary N) is 1. The summed E-state index contributed by atoms with van der Waals surface area (Å²) in [4.78, 5) is 25.7. The van der Waals surface area contributed by atoms with Crippen molar-refractivity contribution in [2.45, 2.75) is 11.3 Å². The lowest BCUT2D eigenvalue weighted by Crippen LogP contribution is -2.24. The second-order valence-corrected chi connectivity index (χ2v) is 6.73. The number of thiazole rings is 1. The molecule has 1 heterocycles. The van der Waals surface area contributed by atoms with Gasteiger partial charge in [0.25, 0.3) is 0 Å². The van der Waals surface area contributed by atoms with Crippen molar-refractivity contribution in [2.24, 2.45) is 5.73 Å². The van der Waals surface area contributed by atoms with Gasteiger partial charge in [-0.3, -0.25) is 9.52 Å². The molecule has 5 N–H and O–H groups in total. The van der Waals surface area contributed by atoms with E-state index in [1.807, 2.05) is 0 Å². The Bertz CT molecular complexity index is 887. The molecule has 0 aliphatic rings. The molecule has 0 spiro atoms. The average molecular weight is 424 g/mol. The minimum atomic E-state index is -5.07. The third-order valence-electron chi connectivity index (χ3n) is 2.81. The van der Waals surface area contributed by atoms with Gasteiger partial charge in [-0.1, -0.05) is 0 Å². The minimum absolute atomic E-state index is 0.0420. The first-order valence-electron chi connectivity index (χ1n) is 6.85. The van der Waals surface area contributed by atoms with Crippen LogP contribution in [0, 0.1) is 0 Å². The standard InChI is InChI=1S/C13H11F3N4O5S2/c14-13(15,16)25-8-3-6(1-2-7(8)19-9(21)4-17)27(24)20-11-10(12(22)23)18-5-26-11/h1-3,5,20H,4,17H2,(H,19,21)(H,22,23). The van der Waals surface area contributed by atoms with E-state index in [0.717, 1.165) is 23.5 Å². The number of hydrogen-bond acceptors (Lipinski definition) is 7. The molecule has 0 bridgehead atoms. The van der Waals surface area contributed by atoms with Gasteiger partial charge >= 0.3 is 12.3 Å². The predicted octanol–water partition coefficient (Wildman–Crippen LogP) is 1.77. The van der Waals surface area contributed by atoms with E-state index in [-0.39, 0.29) is 21.3 Å². The number of carbonyl (C=O) groups is 2. The van der Waals surface area contributed by atoms with Gasteiger partial charge in [-0.05, 0) is 12.1 Å². The topological polar surface area (TPSA) is 144 Å². The highest BCUT2D eigenvalue weighted by atomic mass is 32.2. The van der Waals surface area contributed by atoms with Crippen molar-refractivity contribution < 1.29 is 36.8 Å². The van der Waals surface area contributed by atoms with Gasteiger partial charge in [0.2, 0.25) is 5.91 Å². The van der Waals surface area contributed by atoms with Crippen LogP contribution in [0.1, 0.15) is 10.5 Å². The minimum Gasteiger partial charge on any atom is -0.476 e. The van der Waals surface area contributed by atoms with Crippen LogP contribution >= 0.6 is 11.3 Å². The number of carboxylic acid groups (broad SMARTS) is 1. The van der Waals surface area contributed by atoms with Crippen LogP contribution in [0.2, 0.25) is 0 Å².